The highest BCUT2D eigenvalue weighted by Gasteiger charge is 2.37. The Balaban J connectivity index is 1.47. The molecule has 35 heavy (non-hydrogen) atoms. The molecule has 3 amide bonds. The number of halogens is 2. The Bertz CT molecular complexity index is 1170. The molecule has 0 bridgehead atoms. The fraction of sp³-hybridized carbons (Fsp3) is 0.292. The van der Waals surface area contributed by atoms with E-state index in [1.54, 1.807) is 35.2 Å². The third kappa shape index (κ3) is 6.14. The lowest BCUT2D eigenvalue weighted by atomic mass is 10.1. The number of thioether (sulfide) groups is 1. The van der Waals surface area contributed by atoms with Crippen LogP contribution in [0.1, 0.15) is 11.1 Å². The fourth-order valence-corrected chi connectivity index (χ4v) is 5.15. The summed E-state index contributed by atoms with van der Waals surface area (Å²) in [6.45, 7) is 1.70. The maximum atomic E-state index is 13.1. The highest BCUT2D eigenvalue weighted by atomic mass is 127. The van der Waals surface area contributed by atoms with E-state index in [2.05, 4.69) is 22.6 Å². The molecule has 0 aliphatic carbocycles. The minimum atomic E-state index is -0.507. The van der Waals surface area contributed by atoms with E-state index in [0.717, 1.165) is 25.8 Å². The summed E-state index contributed by atoms with van der Waals surface area (Å²) in [5.41, 5.74) is 1.44. The van der Waals surface area contributed by atoms with Gasteiger partial charge in [0.25, 0.3) is 11.1 Å². The van der Waals surface area contributed by atoms with Crippen molar-refractivity contribution in [3.05, 3.63) is 61.8 Å². The maximum absolute atomic E-state index is 13.1. The van der Waals surface area contributed by atoms with Crippen LogP contribution in [-0.2, 0) is 20.9 Å². The minimum Gasteiger partial charge on any atom is -0.493 e. The van der Waals surface area contributed by atoms with Crippen molar-refractivity contribution in [3.63, 3.8) is 0 Å². The van der Waals surface area contributed by atoms with Crippen molar-refractivity contribution in [2.45, 2.75) is 6.61 Å². The molecule has 4 rings (SSSR count). The molecule has 0 atom stereocenters. The maximum Gasteiger partial charge on any atom is 0.294 e. The summed E-state index contributed by atoms with van der Waals surface area (Å²) < 4.78 is 30.5. The van der Waals surface area contributed by atoms with Gasteiger partial charge in [-0.05, 0) is 75.8 Å². The predicted molar refractivity (Wildman–Crippen MR) is 137 cm³/mol. The molecule has 0 saturated carbocycles. The molecule has 2 aromatic rings. The van der Waals surface area contributed by atoms with Crippen LogP contribution in [0.4, 0.5) is 9.18 Å². The second-order valence-corrected chi connectivity index (χ2v) is 9.87. The topological polar surface area (TPSA) is 85.4 Å². The van der Waals surface area contributed by atoms with Gasteiger partial charge < -0.3 is 19.1 Å². The van der Waals surface area contributed by atoms with E-state index in [9.17, 15) is 18.8 Å². The molecule has 11 heteroatoms. The summed E-state index contributed by atoms with van der Waals surface area (Å²) in [5, 5.41) is -0.483. The quantitative estimate of drug-likeness (QED) is 0.347. The molecule has 184 valence electrons. The highest BCUT2D eigenvalue weighted by molar-refractivity contribution is 14.1. The Morgan fingerprint density at radius 3 is 2.60 bits per heavy atom. The van der Waals surface area contributed by atoms with E-state index in [-0.39, 0.29) is 29.8 Å². The van der Waals surface area contributed by atoms with Crippen LogP contribution >= 0.6 is 34.4 Å². The number of methoxy groups -OCH3 is 1. The normalized spacial score (nSPS) is 17.3. The van der Waals surface area contributed by atoms with Gasteiger partial charge in [-0.15, -0.1) is 0 Å². The van der Waals surface area contributed by atoms with Crippen LogP contribution < -0.4 is 9.47 Å². The molecule has 2 saturated heterocycles. The number of ether oxygens (including phenoxy) is 3. The van der Waals surface area contributed by atoms with Gasteiger partial charge in [-0.1, -0.05) is 12.1 Å². The van der Waals surface area contributed by atoms with Crippen molar-refractivity contribution in [1.29, 1.82) is 0 Å². The highest BCUT2D eigenvalue weighted by Crippen LogP contribution is 2.37. The van der Waals surface area contributed by atoms with Crippen LogP contribution in [0.3, 0.4) is 0 Å². The zero-order chi connectivity index (χ0) is 24.9. The van der Waals surface area contributed by atoms with Crippen molar-refractivity contribution in [1.82, 2.24) is 9.80 Å². The van der Waals surface area contributed by atoms with Gasteiger partial charge in [-0.2, -0.15) is 0 Å². The third-order valence-electron chi connectivity index (χ3n) is 5.38. The molecule has 0 spiro atoms. The molecule has 2 heterocycles. The summed E-state index contributed by atoms with van der Waals surface area (Å²) in [7, 11) is 1.51. The summed E-state index contributed by atoms with van der Waals surface area (Å²) in [6, 6.07) is 9.52. The van der Waals surface area contributed by atoms with Gasteiger partial charge in [-0.3, -0.25) is 19.3 Å². The zero-order valence-electron chi connectivity index (χ0n) is 18.8. The van der Waals surface area contributed by atoms with Gasteiger partial charge in [0, 0.05) is 13.1 Å². The zero-order valence-corrected chi connectivity index (χ0v) is 21.8. The number of hydrogen-bond donors (Lipinski definition) is 0. The van der Waals surface area contributed by atoms with Crippen molar-refractivity contribution >= 4 is 57.5 Å². The van der Waals surface area contributed by atoms with Gasteiger partial charge in [-0.25, -0.2) is 4.39 Å². The molecule has 8 nitrogen and oxygen atoms in total. The van der Waals surface area contributed by atoms with Crippen molar-refractivity contribution in [2.24, 2.45) is 0 Å². The van der Waals surface area contributed by atoms with E-state index in [0.29, 0.717) is 43.4 Å². The van der Waals surface area contributed by atoms with E-state index in [1.165, 1.54) is 19.2 Å². The molecular weight excluding hydrogens is 590 g/mol. The first-order chi connectivity index (χ1) is 16.9. The van der Waals surface area contributed by atoms with Gasteiger partial charge in [0.15, 0.2) is 11.5 Å². The lowest BCUT2D eigenvalue weighted by Crippen LogP contribution is -2.46. The smallest absolute Gasteiger partial charge is 0.294 e. The molecule has 0 unspecified atom stereocenters. The second-order valence-electron chi connectivity index (χ2n) is 7.71. The standard InChI is InChI=1S/C24H22FIN2O6S/c1-32-19-11-16(10-18(26)22(19)34-14-15-2-4-17(25)5-3-15)12-20-23(30)28(24(31)35-20)13-21(29)27-6-8-33-9-7-27/h2-5,10-12H,6-9,13-14H2,1H3/b20-12-. The Morgan fingerprint density at radius 1 is 1.20 bits per heavy atom. The average Bonchev–Trinajstić information content (AvgIpc) is 3.11. The Morgan fingerprint density at radius 2 is 1.91 bits per heavy atom. The van der Waals surface area contributed by atoms with Gasteiger partial charge in [0.2, 0.25) is 5.91 Å². The van der Waals surface area contributed by atoms with Crippen molar-refractivity contribution in [3.8, 4) is 11.5 Å². The van der Waals surface area contributed by atoms with Crippen LogP contribution in [0.25, 0.3) is 6.08 Å². The molecular formula is C24H22FIN2O6S. The van der Waals surface area contributed by atoms with E-state index in [4.69, 9.17) is 14.2 Å². The lowest BCUT2D eigenvalue weighted by Gasteiger charge is -2.28. The molecule has 0 aromatic heterocycles. The molecule has 0 radical (unpaired) electrons. The van der Waals surface area contributed by atoms with Gasteiger partial charge in [0.05, 0.1) is 28.8 Å². The minimum absolute atomic E-state index is 0.224. The number of benzene rings is 2. The van der Waals surface area contributed by atoms with Crippen LogP contribution in [0.5, 0.6) is 11.5 Å². The number of carbonyl (C=O) groups is 3. The molecule has 0 N–H and O–H groups in total. The number of rotatable bonds is 7. The monoisotopic (exact) mass is 612 g/mol. The van der Waals surface area contributed by atoms with Crippen molar-refractivity contribution < 1.29 is 33.0 Å². The van der Waals surface area contributed by atoms with Crippen molar-refractivity contribution in [2.75, 3.05) is 40.0 Å². The molecule has 2 aliphatic rings. The fourth-order valence-electron chi connectivity index (χ4n) is 3.54. The second kappa shape index (κ2) is 11.4. The van der Waals surface area contributed by atoms with Crippen LogP contribution in [0, 0.1) is 9.39 Å². The van der Waals surface area contributed by atoms with Crippen LogP contribution in [-0.4, -0.2) is 66.8 Å². The first-order valence-electron chi connectivity index (χ1n) is 10.7. The SMILES string of the molecule is COc1cc(/C=C2\SC(=O)N(CC(=O)N3CCOCC3)C2=O)cc(I)c1OCc1ccc(F)cc1. The number of morpholine rings is 1. The Labute approximate surface area is 219 Å². The first kappa shape index (κ1) is 25.5. The Hall–Kier alpha value is -2.64. The molecule has 2 aromatic carbocycles. The van der Waals surface area contributed by atoms with E-state index >= 15 is 0 Å². The number of amides is 3. The molecule has 2 fully saturated rings. The van der Waals surface area contributed by atoms with Gasteiger partial charge in [0.1, 0.15) is 19.0 Å². The summed E-state index contributed by atoms with van der Waals surface area (Å²) >= 11 is 2.90. The Kier molecular flexibility index (Phi) is 8.29. The number of imide groups is 1. The number of nitrogens with zero attached hydrogens (tertiary/aromatic N) is 2. The van der Waals surface area contributed by atoms with Crippen LogP contribution in [0.2, 0.25) is 0 Å². The summed E-state index contributed by atoms with van der Waals surface area (Å²) in [4.78, 5) is 40.6. The average molecular weight is 612 g/mol. The van der Waals surface area contributed by atoms with E-state index in [1.807, 2.05) is 0 Å². The van der Waals surface area contributed by atoms with Crippen LogP contribution in [0.15, 0.2) is 41.3 Å². The third-order valence-corrected chi connectivity index (χ3v) is 7.09. The predicted octanol–water partition coefficient (Wildman–Crippen LogP) is 3.91. The van der Waals surface area contributed by atoms with E-state index < -0.39 is 11.1 Å². The summed E-state index contributed by atoms with van der Waals surface area (Å²) in [5.74, 6) is -0.145. The number of carbonyl (C=O) groups excluding carboxylic acids is 3. The van der Waals surface area contributed by atoms with Gasteiger partial charge >= 0.3 is 0 Å². The molecule has 2 aliphatic heterocycles. The largest absolute Gasteiger partial charge is 0.493 e. The lowest BCUT2D eigenvalue weighted by molar-refractivity contribution is -0.139. The summed E-state index contributed by atoms with van der Waals surface area (Å²) in [6.07, 6.45) is 1.60. The first-order valence-corrected chi connectivity index (χ1v) is 12.6. The number of hydrogen-bond acceptors (Lipinski definition) is 7.